The van der Waals surface area contributed by atoms with E-state index in [0.29, 0.717) is 6.04 Å². The van der Waals surface area contributed by atoms with Crippen molar-refractivity contribution >= 4 is 0 Å². The number of aromatic nitrogens is 4. The van der Waals surface area contributed by atoms with Crippen molar-refractivity contribution < 1.29 is 0 Å². The van der Waals surface area contributed by atoms with Gasteiger partial charge in [-0.25, -0.2) is 9.97 Å². The first-order valence-corrected chi connectivity index (χ1v) is 7.38. The summed E-state index contributed by atoms with van der Waals surface area (Å²) < 4.78 is 2.13. The molecule has 0 aliphatic heterocycles. The van der Waals surface area contributed by atoms with E-state index in [2.05, 4.69) is 26.9 Å². The van der Waals surface area contributed by atoms with E-state index in [1.165, 1.54) is 38.4 Å². The molecular weight excluding hydrogens is 250 g/mol. The molecule has 2 aromatic heterocycles. The first-order chi connectivity index (χ1) is 9.83. The van der Waals surface area contributed by atoms with Gasteiger partial charge in [-0.1, -0.05) is 19.3 Å². The van der Waals surface area contributed by atoms with E-state index in [9.17, 15) is 0 Å². The van der Waals surface area contributed by atoms with E-state index in [1.54, 1.807) is 6.20 Å². The third-order valence-electron chi connectivity index (χ3n) is 4.03. The summed E-state index contributed by atoms with van der Waals surface area (Å²) in [5.41, 5.74) is 8.09. The van der Waals surface area contributed by atoms with Crippen LogP contribution in [0.25, 0.3) is 0 Å². The third-order valence-corrected chi connectivity index (χ3v) is 4.03. The van der Waals surface area contributed by atoms with E-state index in [0.717, 1.165) is 17.8 Å². The Morgan fingerprint density at radius 3 is 2.85 bits per heavy atom. The summed E-state index contributed by atoms with van der Waals surface area (Å²) in [5, 5.41) is 4.69. The van der Waals surface area contributed by atoms with Crippen molar-refractivity contribution in [2.75, 3.05) is 0 Å². The summed E-state index contributed by atoms with van der Waals surface area (Å²) in [6, 6.07) is 4.40. The highest BCUT2D eigenvalue weighted by molar-refractivity contribution is 5.10. The summed E-state index contributed by atoms with van der Waals surface area (Å²) >= 11 is 0. The molecule has 0 aromatic carbocycles. The molecule has 1 atom stereocenters. The summed E-state index contributed by atoms with van der Waals surface area (Å²) in [6.07, 6.45) is 12.6. The maximum Gasteiger partial charge on any atom is 0.115 e. The van der Waals surface area contributed by atoms with Gasteiger partial charge in [0.15, 0.2) is 0 Å². The van der Waals surface area contributed by atoms with Crippen molar-refractivity contribution in [2.24, 2.45) is 5.73 Å². The quantitative estimate of drug-likeness (QED) is 0.927. The monoisotopic (exact) mass is 271 g/mol. The van der Waals surface area contributed by atoms with Crippen molar-refractivity contribution in [3.8, 4) is 0 Å². The Labute approximate surface area is 119 Å². The highest BCUT2D eigenvalue weighted by Crippen LogP contribution is 2.27. The molecule has 2 heterocycles. The Kier molecular flexibility index (Phi) is 4.06. The molecule has 0 saturated heterocycles. The predicted octanol–water partition coefficient (Wildman–Crippen LogP) is 2.42. The SMILES string of the molecule is NC(Cc1ccn(C2CCCCC2)n1)c1ccncn1. The van der Waals surface area contributed by atoms with Crippen molar-refractivity contribution in [3.05, 3.63) is 42.2 Å². The molecule has 106 valence electrons. The predicted molar refractivity (Wildman–Crippen MR) is 77.0 cm³/mol. The second-order valence-electron chi connectivity index (χ2n) is 5.52. The van der Waals surface area contributed by atoms with Gasteiger partial charge in [0.25, 0.3) is 0 Å². The van der Waals surface area contributed by atoms with Gasteiger partial charge in [-0.2, -0.15) is 5.10 Å². The zero-order valence-corrected chi connectivity index (χ0v) is 11.7. The van der Waals surface area contributed by atoms with Crippen LogP contribution >= 0.6 is 0 Å². The molecule has 2 aromatic rings. The van der Waals surface area contributed by atoms with Gasteiger partial charge in [0.05, 0.1) is 23.5 Å². The molecule has 1 fully saturated rings. The van der Waals surface area contributed by atoms with Gasteiger partial charge in [0.1, 0.15) is 6.33 Å². The summed E-state index contributed by atoms with van der Waals surface area (Å²) in [4.78, 5) is 8.11. The van der Waals surface area contributed by atoms with Gasteiger partial charge in [0.2, 0.25) is 0 Å². The zero-order valence-electron chi connectivity index (χ0n) is 11.7. The fraction of sp³-hybridized carbons (Fsp3) is 0.533. The summed E-state index contributed by atoms with van der Waals surface area (Å²) in [7, 11) is 0. The highest BCUT2D eigenvalue weighted by atomic mass is 15.3. The molecule has 5 nitrogen and oxygen atoms in total. The lowest BCUT2D eigenvalue weighted by Gasteiger charge is -2.21. The number of hydrogen-bond donors (Lipinski definition) is 1. The number of hydrogen-bond acceptors (Lipinski definition) is 4. The first kappa shape index (κ1) is 13.2. The number of nitrogens with zero attached hydrogens (tertiary/aromatic N) is 4. The van der Waals surface area contributed by atoms with Crippen LogP contribution in [0.15, 0.2) is 30.9 Å². The van der Waals surface area contributed by atoms with Gasteiger partial charge < -0.3 is 5.73 Å². The average molecular weight is 271 g/mol. The van der Waals surface area contributed by atoms with Crippen molar-refractivity contribution in [1.29, 1.82) is 0 Å². The van der Waals surface area contributed by atoms with Gasteiger partial charge >= 0.3 is 0 Å². The second-order valence-corrected chi connectivity index (χ2v) is 5.52. The lowest BCUT2D eigenvalue weighted by molar-refractivity contribution is 0.328. The average Bonchev–Trinajstić information content (AvgIpc) is 2.97. The van der Waals surface area contributed by atoms with Crippen LogP contribution < -0.4 is 5.73 Å². The third kappa shape index (κ3) is 3.04. The van der Waals surface area contributed by atoms with E-state index in [4.69, 9.17) is 10.8 Å². The highest BCUT2D eigenvalue weighted by Gasteiger charge is 2.17. The summed E-state index contributed by atoms with van der Waals surface area (Å²) in [6.45, 7) is 0. The zero-order chi connectivity index (χ0) is 13.8. The maximum atomic E-state index is 6.18. The van der Waals surface area contributed by atoms with Crippen molar-refractivity contribution in [2.45, 2.75) is 50.6 Å². The number of nitrogens with two attached hydrogens (primary N) is 1. The van der Waals surface area contributed by atoms with Crippen LogP contribution in [0.3, 0.4) is 0 Å². The van der Waals surface area contributed by atoms with Gasteiger partial charge in [-0.15, -0.1) is 0 Å². The molecule has 5 heteroatoms. The minimum absolute atomic E-state index is 0.118. The van der Waals surface area contributed by atoms with E-state index >= 15 is 0 Å². The van der Waals surface area contributed by atoms with E-state index in [-0.39, 0.29) is 6.04 Å². The van der Waals surface area contributed by atoms with Crippen LogP contribution in [0.2, 0.25) is 0 Å². The fourth-order valence-corrected chi connectivity index (χ4v) is 2.89. The lowest BCUT2D eigenvalue weighted by Crippen LogP contribution is -2.16. The largest absolute Gasteiger partial charge is 0.322 e. The molecule has 1 aliphatic rings. The van der Waals surface area contributed by atoms with Crippen LogP contribution in [0.1, 0.15) is 55.6 Å². The van der Waals surface area contributed by atoms with Gasteiger partial charge in [-0.3, -0.25) is 4.68 Å². The minimum atomic E-state index is -0.118. The molecule has 0 amide bonds. The van der Waals surface area contributed by atoms with Crippen molar-refractivity contribution in [3.63, 3.8) is 0 Å². The van der Waals surface area contributed by atoms with Crippen LogP contribution in [0.5, 0.6) is 0 Å². The van der Waals surface area contributed by atoms with Crippen LogP contribution in [0, 0.1) is 0 Å². The Hall–Kier alpha value is -1.75. The summed E-state index contributed by atoms with van der Waals surface area (Å²) in [5.74, 6) is 0. The van der Waals surface area contributed by atoms with Gasteiger partial charge in [-0.05, 0) is 25.0 Å². The molecule has 1 unspecified atom stereocenters. The molecule has 0 radical (unpaired) electrons. The number of rotatable bonds is 4. The topological polar surface area (TPSA) is 69.6 Å². The molecule has 0 bridgehead atoms. The van der Waals surface area contributed by atoms with Crippen molar-refractivity contribution in [1.82, 2.24) is 19.7 Å². The molecule has 3 rings (SSSR count). The van der Waals surface area contributed by atoms with Crippen LogP contribution in [0.4, 0.5) is 0 Å². The van der Waals surface area contributed by atoms with Gasteiger partial charge in [0, 0.05) is 18.8 Å². The Balaban J connectivity index is 1.65. The van der Waals surface area contributed by atoms with Crippen LogP contribution in [-0.4, -0.2) is 19.7 Å². The van der Waals surface area contributed by atoms with E-state index < -0.39 is 0 Å². The molecule has 20 heavy (non-hydrogen) atoms. The standard InChI is InChI=1S/C15H21N5/c16-14(15-6-8-17-11-18-15)10-12-7-9-20(19-12)13-4-2-1-3-5-13/h6-9,11,13-14H,1-5,10,16H2. The maximum absolute atomic E-state index is 6.18. The smallest absolute Gasteiger partial charge is 0.115 e. The fourth-order valence-electron chi connectivity index (χ4n) is 2.89. The Morgan fingerprint density at radius 2 is 2.10 bits per heavy atom. The normalized spacial score (nSPS) is 18.1. The lowest BCUT2D eigenvalue weighted by atomic mass is 9.96. The molecule has 1 aliphatic carbocycles. The Bertz CT molecular complexity index is 530. The molecule has 0 spiro atoms. The minimum Gasteiger partial charge on any atom is -0.322 e. The molecule has 2 N–H and O–H groups in total. The molecule has 1 saturated carbocycles. The van der Waals surface area contributed by atoms with E-state index in [1.807, 2.05) is 6.07 Å². The van der Waals surface area contributed by atoms with Crippen LogP contribution in [-0.2, 0) is 6.42 Å². The first-order valence-electron chi connectivity index (χ1n) is 7.38. The Morgan fingerprint density at radius 1 is 1.25 bits per heavy atom. The molecular formula is C15H21N5. The second kappa shape index (κ2) is 6.13.